The van der Waals surface area contributed by atoms with Crippen LogP contribution in [0.4, 0.5) is 0 Å². The minimum Gasteiger partial charge on any atom is -0.396 e. The van der Waals surface area contributed by atoms with Gasteiger partial charge in [0.1, 0.15) is 0 Å². The second kappa shape index (κ2) is 4.67. The van der Waals surface area contributed by atoms with E-state index >= 15 is 0 Å². The van der Waals surface area contributed by atoms with E-state index < -0.39 is 0 Å². The molecule has 1 aliphatic rings. The fourth-order valence-electron chi connectivity index (χ4n) is 2.75. The minimum atomic E-state index is 0.259. The van der Waals surface area contributed by atoms with Gasteiger partial charge in [-0.15, -0.1) is 0 Å². The van der Waals surface area contributed by atoms with E-state index in [2.05, 4.69) is 40.2 Å². The van der Waals surface area contributed by atoms with Crippen molar-refractivity contribution in [2.45, 2.75) is 37.5 Å². The summed E-state index contributed by atoms with van der Waals surface area (Å²) in [6.07, 6.45) is 5.98. The van der Waals surface area contributed by atoms with Crippen molar-refractivity contribution in [2.75, 3.05) is 6.61 Å². The van der Waals surface area contributed by atoms with Gasteiger partial charge in [0, 0.05) is 11.1 Å². The second-order valence-electron chi connectivity index (χ2n) is 4.47. The van der Waals surface area contributed by atoms with E-state index in [0.717, 1.165) is 10.9 Å². The van der Waals surface area contributed by atoms with Gasteiger partial charge in [-0.05, 0) is 42.4 Å². The van der Waals surface area contributed by atoms with E-state index in [4.69, 9.17) is 0 Å². The molecule has 2 rings (SSSR count). The first-order valence-corrected chi connectivity index (χ1v) is 6.43. The maximum atomic E-state index is 9.20. The summed E-state index contributed by atoms with van der Waals surface area (Å²) in [4.78, 5) is 0. The fourth-order valence-corrected chi connectivity index (χ4v) is 3.02. The van der Waals surface area contributed by atoms with Crippen LogP contribution in [-0.2, 0) is 5.41 Å². The Kier molecular flexibility index (Phi) is 3.47. The summed E-state index contributed by atoms with van der Waals surface area (Å²) in [6, 6.07) is 8.61. The molecule has 0 aromatic heterocycles. The lowest BCUT2D eigenvalue weighted by Gasteiger charge is -2.29. The van der Waals surface area contributed by atoms with Crippen molar-refractivity contribution in [2.24, 2.45) is 0 Å². The van der Waals surface area contributed by atoms with E-state index in [1.165, 1.54) is 31.2 Å². The number of rotatable bonds is 3. The molecule has 0 spiro atoms. The molecule has 0 unspecified atom stereocenters. The molecule has 0 aliphatic heterocycles. The molecule has 0 atom stereocenters. The Hall–Kier alpha value is -0.340. The van der Waals surface area contributed by atoms with Gasteiger partial charge in [-0.1, -0.05) is 40.9 Å². The molecule has 82 valence electrons. The van der Waals surface area contributed by atoms with Gasteiger partial charge in [-0.3, -0.25) is 0 Å². The van der Waals surface area contributed by atoms with Crippen molar-refractivity contribution in [3.8, 4) is 0 Å². The molecule has 15 heavy (non-hydrogen) atoms. The van der Waals surface area contributed by atoms with Crippen molar-refractivity contribution in [3.63, 3.8) is 0 Å². The second-order valence-corrected chi connectivity index (χ2v) is 5.38. The smallest absolute Gasteiger partial charge is 0.0439 e. The summed E-state index contributed by atoms with van der Waals surface area (Å²) in [5.74, 6) is 0. The molecule has 1 aromatic rings. The van der Waals surface area contributed by atoms with Crippen LogP contribution in [0.15, 0.2) is 28.7 Å². The van der Waals surface area contributed by atoms with Crippen LogP contribution in [0.2, 0.25) is 0 Å². The highest BCUT2D eigenvalue weighted by molar-refractivity contribution is 9.10. The quantitative estimate of drug-likeness (QED) is 0.888. The van der Waals surface area contributed by atoms with Gasteiger partial charge in [-0.25, -0.2) is 0 Å². The zero-order chi connectivity index (χ0) is 10.7. The Morgan fingerprint density at radius 1 is 1.13 bits per heavy atom. The zero-order valence-electron chi connectivity index (χ0n) is 8.88. The molecule has 0 amide bonds. The molecule has 1 aromatic carbocycles. The lowest BCUT2D eigenvalue weighted by atomic mass is 9.76. The Balaban J connectivity index is 2.28. The third kappa shape index (κ3) is 2.26. The van der Waals surface area contributed by atoms with Crippen LogP contribution in [0.1, 0.15) is 37.7 Å². The van der Waals surface area contributed by atoms with E-state index in [9.17, 15) is 5.11 Å². The lowest BCUT2D eigenvalue weighted by molar-refractivity contribution is 0.237. The van der Waals surface area contributed by atoms with Crippen LogP contribution in [0.5, 0.6) is 0 Å². The molecule has 1 saturated carbocycles. The molecule has 0 saturated heterocycles. The Labute approximate surface area is 99.6 Å². The topological polar surface area (TPSA) is 20.2 Å². The molecule has 0 bridgehead atoms. The zero-order valence-corrected chi connectivity index (χ0v) is 10.5. The molecular formula is C13H17BrO. The van der Waals surface area contributed by atoms with Crippen LogP contribution < -0.4 is 0 Å². The molecule has 1 fully saturated rings. The molecule has 2 heteroatoms. The van der Waals surface area contributed by atoms with Crippen molar-refractivity contribution < 1.29 is 5.11 Å². The summed E-state index contributed by atoms with van der Waals surface area (Å²) in [5.41, 5.74) is 1.66. The van der Waals surface area contributed by atoms with Crippen molar-refractivity contribution in [3.05, 3.63) is 34.3 Å². The first-order chi connectivity index (χ1) is 7.27. The standard InChI is InChI=1S/C13H17BrO/c14-12-5-3-11(4-6-12)13(9-10-15)7-1-2-8-13/h3-6,15H,1-2,7-10H2. The number of hydrogen-bond acceptors (Lipinski definition) is 1. The van der Waals surface area contributed by atoms with Gasteiger partial charge in [0.25, 0.3) is 0 Å². The maximum Gasteiger partial charge on any atom is 0.0439 e. The first kappa shape index (κ1) is 11.2. The fraction of sp³-hybridized carbons (Fsp3) is 0.538. The van der Waals surface area contributed by atoms with Gasteiger partial charge in [0.05, 0.1) is 0 Å². The van der Waals surface area contributed by atoms with Crippen LogP contribution >= 0.6 is 15.9 Å². The highest BCUT2D eigenvalue weighted by atomic mass is 79.9. The van der Waals surface area contributed by atoms with Crippen molar-refractivity contribution in [1.82, 2.24) is 0 Å². The van der Waals surface area contributed by atoms with Crippen molar-refractivity contribution in [1.29, 1.82) is 0 Å². The van der Waals surface area contributed by atoms with E-state index in [1.807, 2.05) is 0 Å². The predicted molar refractivity (Wildman–Crippen MR) is 66.0 cm³/mol. The average Bonchev–Trinajstić information content (AvgIpc) is 2.69. The first-order valence-electron chi connectivity index (χ1n) is 5.64. The third-order valence-electron chi connectivity index (χ3n) is 3.61. The maximum absolute atomic E-state index is 9.20. The van der Waals surface area contributed by atoms with E-state index in [0.29, 0.717) is 6.61 Å². The summed E-state index contributed by atoms with van der Waals surface area (Å²) in [6.45, 7) is 0.302. The largest absolute Gasteiger partial charge is 0.396 e. The average molecular weight is 269 g/mol. The number of benzene rings is 1. The van der Waals surface area contributed by atoms with E-state index in [1.54, 1.807) is 0 Å². The Morgan fingerprint density at radius 3 is 2.27 bits per heavy atom. The highest BCUT2D eigenvalue weighted by Gasteiger charge is 2.34. The number of aliphatic hydroxyl groups is 1. The molecule has 0 radical (unpaired) electrons. The highest BCUT2D eigenvalue weighted by Crippen LogP contribution is 2.43. The van der Waals surface area contributed by atoms with Crippen LogP contribution in [-0.4, -0.2) is 11.7 Å². The van der Waals surface area contributed by atoms with Gasteiger partial charge in [0.15, 0.2) is 0 Å². The van der Waals surface area contributed by atoms with Crippen LogP contribution in [0.3, 0.4) is 0 Å². The third-order valence-corrected chi connectivity index (χ3v) is 4.14. The minimum absolute atomic E-state index is 0.259. The monoisotopic (exact) mass is 268 g/mol. The van der Waals surface area contributed by atoms with E-state index in [-0.39, 0.29) is 5.41 Å². The SMILES string of the molecule is OCCC1(c2ccc(Br)cc2)CCCC1. The Morgan fingerprint density at radius 2 is 1.73 bits per heavy atom. The number of aliphatic hydroxyl groups excluding tert-OH is 1. The molecule has 1 N–H and O–H groups in total. The molecule has 0 heterocycles. The molecule has 1 aliphatic carbocycles. The predicted octanol–water partition coefficient (Wildman–Crippen LogP) is 3.64. The van der Waals surface area contributed by atoms with Crippen LogP contribution in [0.25, 0.3) is 0 Å². The van der Waals surface area contributed by atoms with Crippen LogP contribution in [0, 0.1) is 0 Å². The summed E-state index contributed by atoms with van der Waals surface area (Å²) in [7, 11) is 0. The van der Waals surface area contributed by atoms with Gasteiger partial charge >= 0.3 is 0 Å². The van der Waals surface area contributed by atoms with Gasteiger partial charge in [0.2, 0.25) is 0 Å². The van der Waals surface area contributed by atoms with Gasteiger partial charge in [-0.2, -0.15) is 0 Å². The summed E-state index contributed by atoms with van der Waals surface area (Å²) >= 11 is 3.46. The summed E-state index contributed by atoms with van der Waals surface area (Å²) < 4.78 is 1.13. The number of halogens is 1. The summed E-state index contributed by atoms with van der Waals surface area (Å²) in [5, 5.41) is 9.20. The lowest BCUT2D eigenvalue weighted by Crippen LogP contribution is -2.23. The molecular weight excluding hydrogens is 252 g/mol. The molecule has 1 nitrogen and oxygen atoms in total. The van der Waals surface area contributed by atoms with Crippen molar-refractivity contribution >= 4 is 15.9 Å². The normalized spacial score (nSPS) is 19.3. The number of hydrogen-bond donors (Lipinski definition) is 1. The Bertz CT molecular complexity index is 312. The van der Waals surface area contributed by atoms with Gasteiger partial charge < -0.3 is 5.11 Å².